The minimum atomic E-state index is -0.624. The highest BCUT2D eigenvalue weighted by Gasteiger charge is 2.13. The van der Waals surface area contributed by atoms with Crippen molar-refractivity contribution < 1.29 is 18.4 Å². The molecule has 0 N–H and O–H groups in total. The second-order valence-corrected chi connectivity index (χ2v) is 5.63. The summed E-state index contributed by atoms with van der Waals surface area (Å²) in [6, 6.07) is 9.99. The molecule has 0 radical (unpaired) electrons. The van der Waals surface area contributed by atoms with E-state index in [-0.39, 0.29) is 29.7 Å². The average Bonchev–Trinajstić information content (AvgIpc) is 3.01. The summed E-state index contributed by atoms with van der Waals surface area (Å²) in [4.78, 5) is 16.0. The molecule has 3 rings (SSSR count). The highest BCUT2D eigenvalue weighted by molar-refractivity contribution is 6.35. The molecule has 1 aromatic heterocycles. The third kappa shape index (κ3) is 3.90. The predicted molar refractivity (Wildman–Crippen MR) is 85.3 cm³/mol. The highest BCUT2D eigenvalue weighted by Crippen LogP contribution is 2.20. The zero-order valence-electron chi connectivity index (χ0n) is 12.0. The van der Waals surface area contributed by atoms with Crippen LogP contribution in [0.1, 0.15) is 16.2 Å². The molecule has 0 aliphatic heterocycles. The van der Waals surface area contributed by atoms with E-state index in [9.17, 15) is 9.18 Å². The van der Waals surface area contributed by atoms with Crippen molar-refractivity contribution >= 4 is 29.2 Å². The van der Waals surface area contributed by atoms with Gasteiger partial charge in [0.1, 0.15) is 5.82 Å². The Bertz CT molecular complexity index is 861. The third-order valence-electron chi connectivity index (χ3n) is 3.00. The Kier molecular flexibility index (Phi) is 4.78. The van der Waals surface area contributed by atoms with Crippen LogP contribution in [0.5, 0.6) is 0 Å². The maximum atomic E-state index is 12.9. The van der Waals surface area contributed by atoms with Gasteiger partial charge in [-0.15, -0.1) is 0 Å². The Morgan fingerprint density at radius 1 is 1.12 bits per heavy atom. The van der Waals surface area contributed by atoms with E-state index < -0.39 is 5.97 Å². The van der Waals surface area contributed by atoms with Gasteiger partial charge in [-0.2, -0.15) is 4.98 Å². The van der Waals surface area contributed by atoms with Crippen LogP contribution in [0, 0.1) is 5.82 Å². The Labute approximate surface area is 146 Å². The Balaban J connectivity index is 1.67. The zero-order chi connectivity index (χ0) is 17.1. The van der Waals surface area contributed by atoms with Gasteiger partial charge in [-0.05, 0) is 42.5 Å². The van der Waals surface area contributed by atoms with Gasteiger partial charge >= 0.3 is 5.97 Å². The Morgan fingerprint density at radius 2 is 1.79 bits per heavy atom. The first-order chi connectivity index (χ1) is 11.5. The summed E-state index contributed by atoms with van der Waals surface area (Å²) in [7, 11) is 0. The van der Waals surface area contributed by atoms with Crippen LogP contribution in [0.4, 0.5) is 4.39 Å². The molecule has 5 nitrogen and oxygen atoms in total. The summed E-state index contributed by atoms with van der Waals surface area (Å²) in [5.74, 6) is -0.611. The van der Waals surface area contributed by atoms with E-state index in [2.05, 4.69) is 10.1 Å². The third-order valence-corrected chi connectivity index (χ3v) is 3.43. The molecule has 0 aliphatic rings. The van der Waals surface area contributed by atoms with Gasteiger partial charge in [0.15, 0.2) is 6.61 Å². The molecule has 0 amide bonds. The van der Waals surface area contributed by atoms with Crippen molar-refractivity contribution in [2.45, 2.75) is 6.61 Å². The van der Waals surface area contributed by atoms with Crippen molar-refractivity contribution in [3.63, 3.8) is 0 Å². The number of hydrogen-bond donors (Lipinski definition) is 0. The lowest BCUT2D eigenvalue weighted by atomic mass is 10.2. The van der Waals surface area contributed by atoms with Crippen LogP contribution >= 0.6 is 23.2 Å². The molecule has 0 atom stereocenters. The normalized spacial score (nSPS) is 10.6. The van der Waals surface area contributed by atoms with E-state index in [1.807, 2.05) is 0 Å². The maximum absolute atomic E-state index is 12.9. The van der Waals surface area contributed by atoms with Gasteiger partial charge in [-0.1, -0.05) is 28.4 Å². The second kappa shape index (κ2) is 6.98. The molecule has 0 bridgehead atoms. The van der Waals surface area contributed by atoms with Crippen molar-refractivity contribution in [2.75, 3.05) is 0 Å². The van der Waals surface area contributed by atoms with Crippen molar-refractivity contribution in [1.29, 1.82) is 0 Å². The lowest BCUT2D eigenvalue weighted by Gasteiger charge is -2.03. The van der Waals surface area contributed by atoms with Crippen molar-refractivity contribution in [3.05, 3.63) is 69.8 Å². The van der Waals surface area contributed by atoms with Crippen LogP contribution in [-0.2, 0) is 11.3 Å². The van der Waals surface area contributed by atoms with Gasteiger partial charge < -0.3 is 9.26 Å². The van der Waals surface area contributed by atoms with Crippen LogP contribution in [-0.4, -0.2) is 16.1 Å². The van der Waals surface area contributed by atoms with E-state index in [1.54, 1.807) is 0 Å². The molecule has 122 valence electrons. The fourth-order valence-electron chi connectivity index (χ4n) is 1.91. The first-order valence-corrected chi connectivity index (χ1v) is 7.48. The minimum Gasteiger partial charge on any atom is -0.452 e. The number of carbonyl (C=O) groups excluding carboxylic acids is 1. The summed E-state index contributed by atoms with van der Waals surface area (Å²) >= 11 is 11.7. The van der Waals surface area contributed by atoms with E-state index in [1.165, 1.54) is 42.5 Å². The lowest BCUT2D eigenvalue weighted by Crippen LogP contribution is -2.05. The molecular formula is C16H9Cl2FN2O3. The predicted octanol–water partition coefficient (Wildman–Crippen LogP) is 4.54. The van der Waals surface area contributed by atoms with Gasteiger partial charge in [-0.25, -0.2) is 9.18 Å². The smallest absolute Gasteiger partial charge is 0.338 e. The number of hydrogen-bond acceptors (Lipinski definition) is 5. The molecule has 1 heterocycles. The zero-order valence-corrected chi connectivity index (χ0v) is 13.5. The summed E-state index contributed by atoms with van der Waals surface area (Å²) < 4.78 is 23.0. The van der Waals surface area contributed by atoms with Gasteiger partial charge in [0, 0.05) is 15.6 Å². The SMILES string of the molecule is O=C(OCc1nc(-c2ccc(F)cc2)no1)c1cc(Cl)cc(Cl)c1. The van der Waals surface area contributed by atoms with Crippen LogP contribution < -0.4 is 0 Å². The van der Waals surface area contributed by atoms with E-state index in [4.69, 9.17) is 32.5 Å². The van der Waals surface area contributed by atoms with Gasteiger partial charge in [0.05, 0.1) is 5.56 Å². The van der Waals surface area contributed by atoms with Crippen LogP contribution in [0.15, 0.2) is 47.0 Å². The highest BCUT2D eigenvalue weighted by atomic mass is 35.5. The number of aromatic nitrogens is 2. The molecule has 3 aromatic rings. The van der Waals surface area contributed by atoms with E-state index in [0.29, 0.717) is 15.6 Å². The molecular weight excluding hydrogens is 358 g/mol. The molecule has 2 aromatic carbocycles. The van der Waals surface area contributed by atoms with E-state index in [0.717, 1.165) is 0 Å². The number of rotatable bonds is 4. The number of esters is 1. The molecule has 8 heteroatoms. The molecule has 0 saturated carbocycles. The first-order valence-electron chi connectivity index (χ1n) is 6.73. The largest absolute Gasteiger partial charge is 0.452 e. The monoisotopic (exact) mass is 366 g/mol. The standard InChI is InChI=1S/C16H9Cl2FN2O3/c17-11-5-10(6-12(18)7-11)16(22)23-8-14-20-15(21-24-14)9-1-3-13(19)4-2-9/h1-7H,8H2. The van der Waals surface area contributed by atoms with Gasteiger partial charge in [0.2, 0.25) is 5.82 Å². The number of nitrogens with zero attached hydrogens (tertiary/aromatic N) is 2. The van der Waals surface area contributed by atoms with Crippen molar-refractivity contribution in [1.82, 2.24) is 10.1 Å². The minimum absolute atomic E-state index is 0.107. The summed E-state index contributed by atoms with van der Waals surface area (Å²) in [6.07, 6.45) is 0. The lowest BCUT2D eigenvalue weighted by molar-refractivity contribution is 0.0430. The number of carbonyl (C=O) groups is 1. The first kappa shape index (κ1) is 16.4. The Morgan fingerprint density at radius 3 is 2.46 bits per heavy atom. The number of halogens is 3. The summed E-state index contributed by atoms with van der Waals surface area (Å²) in [5, 5.41) is 4.40. The molecule has 0 unspecified atom stereocenters. The summed E-state index contributed by atoms with van der Waals surface area (Å²) in [6.45, 7) is -0.211. The number of benzene rings is 2. The molecule has 0 saturated heterocycles. The van der Waals surface area contributed by atoms with Crippen molar-refractivity contribution in [3.8, 4) is 11.4 Å². The molecule has 0 aliphatic carbocycles. The summed E-state index contributed by atoms with van der Waals surface area (Å²) in [5.41, 5.74) is 0.796. The molecule has 24 heavy (non-hydrogen) atoms. The topological polar surface area (TPSA) is 65.2 Å². The molecule has 0 spiro atoms. The average molecular weight is 367 g/mol. The van der Waals surface area contributed by atoms with Crippen LogP contribution in [0.25, 0.3) is 11.4 Å². The fraction of sp³-hybridized carbons (Fsp3) is 0.0625. The number of ether oxygens (including phenoxy) is 1. The van der Waals surface area contributed by atoms with Gasteiger partial charge in [-0.3, -0.25) is 0 Å². The Hall–Kier alpha value is -2.44. The van der Waals surface area contributed by atoms with E-state index >= 15 is 0 Å². The van der Waals surface area contributed by atoms with Crippen LogP contribution in [0.3, 0.4) is 0 Å². The molecule has 0 fully saturated rings. The van der Waals surface area contributed by atoms with Crippen molar-refractivity contribution in [2.24, 2.45) is 0 Å². The van der Waals surface area contributed by atoms with Gasteiger partial charge in [0.25, 0.3) is 5.89 Å². The fourth-order valence-corrected chi connectivity index (χ4v) is 2.44. The van der Waals surface area contributed by atoms with Crippen LogP contribution in [0.2, 0.25) is 10.0 Å². The maximum Gasteiger partial charge on any atom is 0.338 e. The second-order valence-electron chi connectivity index (χ2n) is 4.75. The quantitative estimate of drug-likeness (QED) is 0.634.